The Morgan fingerprint density at radius 1 is 1.07 bits per heavy atom. The topological polar surface area (TPSA) is 80.9 Å². The zero-order valence-electron chi connectivity index (χ0n) is 16.6. The molecule has 0 bridgehead atoms. The fourth-order valence-electron chi connectivity index (χ4n) is 2.75. The van der Waals surface area contributed by atoms with Gasteiger partial charge in [0.2, 0.25) is 0 Å². The number of nitrogens with zero attached hydrogens (tertiary/aromatic N) is 3. The molecule has 2 heterocycles. The van der Waals surface area contributed by atoms with Gasteiger partial charge in [0.05, 0.1) is 16.8 Å². The average molecular weight is 422 g/mol. The predicted octanol–water partition coefficient (Wildman–Crippen LogP) is 5.55. The molecule has 0 fully saturated rings. The van der Waals surface area contributed by atoms with Gasteiger partial charge in [-0.25, -0.2) is 9.37 Å². The number of carbonyl (C=O) groups excluding carboxylic acids is 1. The molecule has 0 saturated heterocycles. The number of carbonyl (C=O) groups is 1. The van der Waals surface area contributed by atoms with Crippen LogP contribution in [0.1, 0.15) is 37.0 Å². The minimum absolute atomic E-state index is 0.267. The van der Waals surface area contributed by atoms with E-state index < -0.39 is 0 Å². The minimum Gasteiger partial charge on any atom is -0.334 e. The van der Waals surface area contributed by atoms with Gasteiger partial charge < -0.3 is 4.52 Å². The Morgan fingerprint density at radius 3 is 2.50 bits per heavy atom. The molecule has 2 aromatic heterocycles. The molecule has 0 atom stereocenters. The highest BCUT2D eigenvalue weighted by atomic mass is 32.1. The summed E-state index contributed by atoms with van der Waals surface area (Å²) in [7, 11) is 0. The van der Waals surface area contributed by atoms with Crippen LogP contribution in [0.15, 0.2) is 58.4 Å². The molecule has 4 aromatic rings. The van der Waals surface area contributed by atoms with Crippen molar-refractivity contribution >= 4 is 22.4 Å². The van der Waals surface area contributed by atoms with Crippen LogP contribution in [0.5, 0.6) is 0 Å². The van der Waals surface area contributed by atoms with E-state index >= 15 is 0 Å². The highest BCUT2D eigenvalue weighted by Crippen LogP contribution is 2.28. The second-order valence-electron chi connectivity index (χ2n) is 7.72. The molecule has 1 N–H and O–H groups in total. The number of aromatic nitrogens is 3. The zero-order valence-corrected chi connectivity index (χ0v) is 17.5. The third kappa shape index (κ3) is 4.13. The number of hydrogen-bond donors (Lipinski definition) is 1. The van der Waals surface area contributed by atoms with Gasteiger partial charge in [0.15, 0.2) is 11.0 Å². The molecule has 0 radical (unpaired) electrons. The van der Waals surface area contributed by atoms with E-state index in [1.165, 1.54) is 23.5 Å². The van der Waals surface area contributed by atoms with E-state index in [4.69, 9.17) is 4.52 Å². The van der Waals surface area contributed by atoms with Crippen LogP contribution in [0.4, 0.5) is 9.52 Å². The van der Waals surface area contributed by atoms with E-state index in [0.717, 1.165) is 5.56 Å². The van der Waals surface area contributed by atoms with Crippen molar-refractivity contribution in [2.45, 2.75) is 26.2 Å². The third-order valence-electron chi connectivity index (χ3n) is 4.36. The summed E-state index contributed by atoms with van der Waals surface area (Å²) in [5.41, 5.74) is 2.12. The summed E-state index contributed by atoms with van der Waals surface area (Å²) < 4.78 is 18.5. The lowest BCUT2D eigenvalue weighted by Gasteiger charge is -2.11. The molecule has 6 nitrogen and oxygen atoms in total. The first-order chi connectivity index (χ1) is 14.3. The van der Waals surface area contributed by atoms with Crippen LogP contribution in [-0.2, 0) is 5.41 Å². The van der Waals surface area contributed by atoms with Crippen molar-refractivity contribution in [2.75, 3.05) is 5.32 Å². The molecule has 1 amide bonds. The lowest BCUT2D eigenvalue weighted by molar-refractivity contribution is 0.102. The summed E-state index contributed by atoms with van der Waals surface area (Å²) in [5.74, 6) is 0.212. The van der Waals surface area contributed by atoms with Gasteiger partial charge in [-0.3, -0.25) is 10.1 Å². The molecule has 30 heavy (non-hydrogen) atoms. The zero-order chi connectivity index (χ0) is 21.3. The summed E-state index contributed by atoms with van der Waals surface area (Å²) in [5, 5.41) is 9.10. The maximum Gasteiger partial charge on any atom is 0.258 e. The first-order valence-electron chi connectivity index (χ1n) is 9.28. The second kappa shape index (κ2) is 7.79. The number of thiazole rings is 1. The van der Waals surface area contributed by atoms with Crippen molar-refractivity contribution in [1.82, 2.24) is 15.1 Å². The summed E-state index contributed by atoms with van der Waals surface area (Å²) in [6, 6.07) is 13.1. The third-order valence-corrected chi connectivity index (χ3v) is 5.12. The molecule has 4 rings (SSSR count). The largest absolute Gasteiger partial charge is 0.334 e. The van der Waals surface area contributed by atoms with Crippen LogP contribution in [0.25, 0.3) is 22.7 Å². The molecule has 0 aliphatic rings. The van der Waals surface area contributed by atoms with Gasteiger partial charge in [-0.15, -0.1) is 11.3 Å². The Hall–Kier alpha value is -3.39. The molecule has 0 saturated carbocycles. The SMILES string of the molecule is CC(C)(C)c1noc(-c2ccccc2C(=O)Nc2nc(-c3ccc(F)cc3)cs2)n1. The van der Waals surface area contributed by atoms with Crippen molar-refractivity contribution in [3.63, 3.8) is 0 Å². The summed E-state index contributed by atoms with van der Waals surface area (Å²) >= 11 is 1.29. The van der Waals surface area contributed by atoms with Crippen molar-refractivity contribution in [3.05, 3.63) is 71.1 Å². The van der Waals surface area contributed by atoms with Gasteiger partial charge in [0.1, 0.15) is 5.82 Å². The normalized spacial score (nSPS) is 11.5. The quantitative estimate of drug-likeness (QED) is 0.466. The molecule has 0 aliphatic carbocycles. The Morgan fingerprint density at radius 2 is 1.80 bits per heavy atom. The smallest absolute Gasteiger partial charge is 0.258 e. The van der Waals surface area contributed by atoms with E-state index in [1.54, 1.807) is 30.3 Å². The summed E-state index contributed by atoms with van der Waals surface area (Å²) in [6.45, 7) is 5.96. The fraction of sp³-hybridized carbons (Fsp3) is 0.182. The van der Waals surface area contributed by atoms with Gasteiger partial charge in [0, 0.05) is 16.4 Å². The lowest BCUT2D eigenvalue weighted by Crippen LogP contribution is -2.14. The molecule has 0 spiro atoms. The first kappa shape index (κ1) is 19.9. The number of anilines is 1. The molecule has 2 aromatic carbocycles. The Balaban J connectivity index is 1.58. The van der Waals surface area contributed by atoms with Gasteiger partial charge in [0.25, 0.3) is 11.8 Å². The number of nitrogens with one attached hydrogen (secondary N) is 1. The number of benzene rings is 2. The molecular formula is C22H19FN4O2S. The van der Waals surface area contributed by atoms with Crippen molar-refractivity contribution in [3.8, 4) is 22.7 Å². The van der Waals surface area contributed by atoms with Crippen LogP contribution in [-0.4, -0.2) is 21.0 Å². The predicted molar refractivity (Wildman–Crippen MR) is 114 cm³/mol. The van der Waals surface area contributed by atoms with Crippen LogP contribution in [0.2, 0.25) is 0 Å². The summed E-state index contributed by atoms with van der Waals surface area (Å²) in [6.07, 6.45) is 0. The van der Waals surface area contributed by atoms with Crippen LogP contribution >= 0.6 is 11.3 Å². The maximum atomic E-state index is 13.1. The van der Waals surface area contributed by atoms with Crippen LogP contribution in [0, 0.1) is 5.82 Å². The Labute approximate surface area is 176 Å². The van der Waals surface area contributed by atoms with Crippen LogP contribution < -0.4 is 5.32 Å². The Bertz CT molecular complexity index is 1190. The summed E-state index contributed by atoms with van der Waals surface area (Å²) in [4.78, 5) is 21.8. The highest BCUT2D eigenvalue weighted by molar-refractivity contribution is 7.14. The van der Waals surface area contributed by atoms with Crippen molar-refractivity contribution in [1.29, 1.82) is 0 Å². The van der Waals surface area contributed by atoms with E-state index in [9.17, 15) is 9.18 Å². The van der Waals surface area contributed by atoms with E-state index in [1.807, 2.05) is 32.2 Å². The standard InChI is InChI=1S/C22H19FN4O2S/c1-22(2,3)20-26-19(29-27-20)16-7-5-4-6-15(16)18(28)25-21-24-17(12-30-21)13-8-10-14(23)11-9-13/h4-12H,1-3H3,(H,24,25,28). The molecule has 0 aliphatic heterocycles. The first-order valence-corrected chi connectivity index (χ1v) is 10.2. The maximum absolute atomic E-state index is 13.1. The minimum atomic E-state index is -0.332. The number of halogens is 1. The van der Waals surface area contributed by atoms with Gasteiger partial charge in [-0.05, 0) is 36.4 Å². The second-order valence-corrected chi connectivity index (χ2v) is 8.58. The average Bonchev–Trinajstić information content (AvgIpc) is 3.38. The number of hydrogen-bond acceptors (Lipinski definition) is 6. The monoisotopic (exact) mass is 422 g/mol. The molecular weight excluding hydrogens is 403 g/mol. The number of amides is 1. The highest BCUT2D eigenvalue weighted by Gasteiger charge is 2.24. The molecule has 8 heteroatoms. The van der Waals surface area contributed by atoms with Crippen molar-refractivity contribution in [2.24, 2.45) is 0 Å². The molecule has 152 valence electrons. The Kier molecular flexibility index (Phi) is 5.17. The van der Waals surface area contributed by atoms with E-state index in [-0.39, 0.29) is 23.0 Å². The fourth-order valence-corrected chi connectivity index (χ4v) is 3.47. The van der Waals surface area contributed by atoms with Gasteiger partial charge in [-0.1, -0.05) is 38.1 Å². The van der Waals surface area contributed by atoms with E-state index in [0.29, 0.717) is 27.8 Å². The number of rotatable bonds is 4. The lowest BCUT2D eigenvalue weighted by atomic mass is 9.96. The van der Waals surface area contributed by atoms with Gasteiger partial charge >= 0.3 is 0 Å². The van der Waals surface area contributed by atoms with Gasteiger partial charge in [-0.2, -0.15) is 4.98 Å². The van der Waals surface area contributed by atoms with Crippen molar-refractivity contribution < 1.29 is 13.7 Å². The van der Waals surface area contributed by atoms with E-state index in [2.05, 4.69) is 20.4 Å². The van der Waals surface area contributed by atoms with Crippen LogP contribution in [0.3, 0.4) is 0 Å². The molecule has 0 unspecified atom stereocenters.